The van der Waals surface area contributed by atoms with E-state index in [9.17, 15) is 0 Å². The van der Waals surface area contributed by atoms with Gasteiger partial charge in [0, 0.05) is 18.7 Å². The van der Waals surface area contributed by atoms with Crippen LogP contribution in [0.5, 0.6) is 0 Å². The SMILES string of the molecule is CC(C)(C)c1cc(-c2nnc(CN3CCOCC3)o2)cc(C(C)(C)C)c1. The molecule has 1 fully saturated rings. The second kappa shape index (κ2) is 7.12. The zero-order chi connectivity index (χ0) is 18.9. The van der Waals surface area contributed by atoms with Crippen molar-refractivity contribution in [2.24, 2.45) is 0 Å². The third-order valence-corrected chi connectivity index (χ3v) is 4.84. The van der Waals surface area contributed by atoms with Crippen LogP contribution < -0.4 is 0 Å². The summed E-state index contributed by atoms with van der Waals surface area (Å²) in [5.74, 6) is 1.27. The first kappa shape index (κ1) is 19.1. The number of ether oxygens (including phenoxy) is 1. The predicted molar refractivity (Wildman–Crippen MR) is 103 cm³/mol. The van der Waals surface area contributed by atoms with E-state index >= 15 is 0 Å². The zero-order valence-electron chi connectivity index (χ0n) is 16.9. The molecule has 26 heavy (non-hydrogen) atoms. The van der Waals surface area contributed by atoms with E-state index in [1.165, 1.54) is 11.1 Å². The van der Waals surface area contributed by atoms with Gasteiger partial charge in [-0.15, -0.1) is 10.2 Å². The van der Waals surface area contributed by atoms with E-state index in [1.807, 2.05) is 0 Å². The average molecular weight is 357 g/mol. The number of morpholine rings is 1. The number of nitrogens with zero attached hydrogens (tertiary/aromatic N) is 3. The maximum atomic E-state index is 6.00. The van der Waals surface area contributed by atoms with Gasteiger partial charge < -0.3 is 9.15 Å². The lowest BCUT2D eigenvalue weighted by atomic mass is 9.79. The molecule has 5 nitrogen and oxygen atoms in total. The highest BCUT2D eigenvalue weighted by Crippen LogP contribution is 2.33. The summed E-state index contributed by atoms with van der Waals surface area (Å²) in [6.07, 6.45) is 0. The lowest BCUT2D eigenvalue weighted by molar-refractivity contribution is 0.0306. The molecule has 1 aromatic carbocycles. The molecular weight excluding hydrogens is 326 g/mol. The van der Waals surface area contributed by atoms with Gasteiger partial charge in [0.25, 0.3) is 0 Å². The van der Waals surface area contributed by atoms with Crippen molar-refractivity contribution < 1.29 is 9.15 Å². The second-order valence-corrected chi connectivity index (χ2v) is 9.19. The fourth-order valence-electron chi connectivity index (χ4n) is 3.00. The van der Waals surface area contributed by atoms with Crippen LogP contribution in [0.2, 0.25) is 0 Å². The molecule has 0 unspecified atom stereocenters. The molecule has 0 amide bonds. The fourth-order valence-corrected chi connectivity index (χ4v) is 3.00. The Morgan fingerprint density at radius 1 is 0.885 bits per heavy atom. The van der Waals surface area contributed by atoms with Crippen molar-refractivity contribution >= 4 is 0 Å². The molecule has 0 radical (unpaired) electrons. The number of aromatic nitrogens is 2. The van der Waals surface area contributed by atoms with Crippen LogP contribution in [0.1, 0.15) is 58.6 Å². The maximum Gasteiger partial charge on any atom is 0.247 e. The second-order valence-electron chi connectivity index (χ2n) is 9.19. The Bertz CT molecular complexity index is 715. The molecule has 0 atom stereocenters. The first-order valence-corrected chi connectivity index (χ1v) is 9.42. The quantitative estimate of drug-likeness (QED) is 0.825. The normalized spacial score (nSPS) is 16.8. The van der Waals surface area contributed by atoms with E-state index in [-0.39, 0.29) is 10.8 Å². The number of hydrogen-bond donors (Lipinski definition) is 0. The molecule has 2 heterocycles. The molecule has 0 N–H and O–H groups in total. The Hall–Kier alpha value is -1.72. The fraction of sp³-hybridized carbons (Fsp3) is 0.619. The van der Waals surface area contributed by atoms with E-state index < -0.39 is 0 Å². The summed E-state index contributed by atoms with van der Waals surface area (Å²) >= 11 is 0. The Morgan fingerprint density at radius 3 is 2.00 bits per heavy atom. The van der Waals surface area contributed by atoms with Gasteiger partial charge in [-0.05, 0) is 34.1 Å². The molecule has 2 aromatic rings. The maximum absolute atomic E-state index is 6.00. The average Bonchev–Trinajstić information content (AvgIpc) is 3.02. The molecule has 3 rings (SSSR count). The Morgan fingerprint density at radius 2 is 1.46 bits per heavy atom. The van der Waals surface area contributed by atoms with Crippen LogP contribution in [0.15, 0.2) is 22.6 Å². The van der Waals surface area contributed by atoms with Crippen molar-refractivity contribution in [1.82, 2.24) is 15.1 Å². The van der Waals surface area contributed by atoms with Gasteiger partial charge in [0.2, 0.25) is 11.8 Å². The Labute approximate surface area is 156 Å². The molecule has 0 bridgehead atoms. The van der Waals surface area contributed by atoms with Gasteiger partial charge >= 0.3 is 0 Å². The molecule has 1 aliphatic heterocycles. The van der Waals surface area contributed by atoms with E-state index in [4.69, 9.17) is 9.15 Å². The van der Waals surface area contributed by atoms with Gasteiger partial charge in [0.05, 0.1) is 19.8 Å². The van der Waals surface area contributed by atoms with Crippen LogP contribution >= 0.6 is 0 Å². The Balaban J connectivity index is 1.90. The highest BCUT2D eigenvalue weighted by atomic mass is 16.5. The summed E-state index contributed by atoms with van der Waals surface area (Å²) in [7, 11) is 0. The lowest BCUT2D eigenvalue weighted by Gasteiger charge is -2.25. The van der Waals surface area contributed by atoms with Crippen LogP contribution in [-0.4, -0.2) is 41.4 Å². The van der Waals surface area contributed by atoms with E-state index in [0.29, 0.717) is 18.3 Å². The van der Waals surface area contributed by atoms with Crippen LogP contribution in [0.25, 0.3) is 11.5 Å². The van der Waals surface area contributed by atoms with E-state index in [1.54, 1.807) is 0 Å². The van der Waals surface area contributed by atoms with Crippen molar-refractivity contribution in [3.63, 3.8) is 0 Å². The lowest BCUT2D eigenvalue weighted by Crippen LogP contribution is -2.35. The topological polar surface area (TPSA) is 51.4 Å². The third kappa shape index (κ3) is 4.51. The van der Waals surface area contributed by atoms with E-state index in [2.05, 4.69) is 74.8 Å². The molecule has 0 aliphatic carbocycles. The van der Waals surface area contributed by atoms with Crippen LogP contribution in [0.3, 0.4) is 0 Å². The van der Waals surface area contributed by atoms with Gasteiger partial charge in [-0.3, -0.25) is 4.90 Å². The van der Waals surface area contributed by atoms with Crippen LogP contribution in [0, 0.1) is 0 Å². The Kier molecular flexibility index (Phi) is 5.22. The summed E-state index contributed by atoms with van der Waals surface area (Å²) < 4.78 is 11.4. The van der Waals surface area contributed by atoms with Crippen molar-refractivity contribution in [3.05, 3.63) is 35.2 Å². The summed E-state index contributed by atoms with van der Waals surface area (Å²) in [6.45, 7) is 17.4. The smallest absolute Gasteiger partial charge is 0.247 e. The summed E-state index contributed by atoms with van der Waals surface area (Å²) in [6, 6.07) is 6.66. The van der Waals surface area contributed by atoms with Gasteiger partial charge in [-0.2, -0.15) is 0 Å². The third-order valence-electron chi connectivity index (χ3n) is 4.84. The molecule has 1 saturated heterocycles. The zero-order valence-corrected chi connectivity index (χ0v) is 16.9. The molecule has 142 valence electrons. The van der Waals surface area contributed by atoms with Gasteiger partial charge in [0.1, 0.15) is 0 Å². The minimum Gasteiger partial charge on any atom is -0.419 e. The monoisotopic (exact) mass is 357 g/mol. The van der Waals surface area contributed by atoms with Crippen LogP contribution in [-0.2, 0) is 22.1 Å². The van der Waals surface area contributed by atoms with Crippen molar-refractivity contribution in [1.29, 1.82) is 0 Å². The molecule has 0 saturated carbocycles. The van der Waals surface area contributed by atoms with Gasteiger partial charge in [-0.25, -0.2) is 0 Å². The minimum absolute atomic E-state index is 0.0622. The summed E-state index contributed by atoms with van der Waals surface area (Å²) in [4.78, 5) is 2.28. The predicted octanol–water partition coefficient (Wildman–Crippen LogP) is 4.16. The molecule has 5 heteroatoms. The van der Waals surface area contributed by atoms with Crippen molar-refractivity contribution in [2.45, 2.75) is 58.9 Å². The molecular formula is C21H31N3O2. The highest BCUT2D eigenvalue weighted by Gasteiger charge is 2.23. The standard InChI is InChI=1S/C21H31N3O2/c1-20(2,3)16-11-15(12-17(13-16)21(4,5)6)19-23-22-18(26-19)14-24-7-9-25-10-8-24/h11-13H,7-10,14H2,1-6H3. The number of hydrogen-bond acceptors (Lipinski definition) is 5. The molecule has 1 aromatic heterocycles. The minimum atomic E-state index is 0.0622. The van der Waals surface area contributed by atoms with Crippen molar-refractivity contribution in [2.75, 3.05) is 26.3 Å². The first-order chi connectivity index (χ1) is 12.1. The van der Waals surface area contributed by atoms with Crippen LogP contribution in [0.4, 0.5) is 0 Å². The number of rotatable bonds is 3. The van der Waals surface area contributed by atoms with Gasteiger partial charge in [0.15, 0.2) is 0 Å². The van der Waals surface area contributed by atoms with Crippen molar-refractivity contribution in [3.8, 4) is 11.5 Å². The number of benzene rings is 1. The largest absolute Gasteiger partial charge is 0.419 e. The molecule has 1 aliphatic rings. The van der Waals surface area contributed by atoms with Gasteiger partial charge in [-0.1, -0.05) is 47.6 Å². The summed E-state index contributed by atoms with van der Waals surface area (Å²) in [5, 5.41) is 8.59. The highest BCUT2D eigenvalue weighted by molar-refractivity contribution is 5.57. The van der Waals surface area contributed by atoms with E-state index in [0.717, 1.165) is 31.9 Å². The molecule has 0 spiro atoms. The first-order valence-electron chi connectivity index (χ1n) is 9.42. The summed E-state index contributed by atoms with van der Waals surface area (Å²) in [5.41, 5.74) is 3.70.